The summed E-state index contributed by atoms with van der Waals surface area (Å²) in [7, 11) is 1.31. The highest BCUT2D eigenvalue weighted by molar-refractivity contribution is 5.90. The van der Waals surface area contributed by atoms with Gasteiger partial charge in [0, 0.05) is 6.54 Å². The highest BCUT2D eigenvalue weighted by atomic mass is 16.6. The van der Waals surface area contributed by atoms with Crippen LogP contribution in [0.25, 0.3) is 0 Å². The Labute approximate surface area is 144 Å². The highest BCUT2D eigenvalue weighted by Gasteiger charge is 2.42. The number of hydrogen-bond donors (Lipinski definition) is 1. The van der Waals surface area contributed by atoms with E-state index < -0.39 is 35.2 Å². The van der Waals surface area contributed by atoms with Crippen LogP contribution < -0.4 is 5.32 Å². The van der Waals surface area contributed by atoms with Crippen LogP contribution in [0.4, 0.5) is 4.79 Å². The number of hydrogen-bond acceptors (Lipinski definition) is 5. The summed E-state index contributed by atoms with van der Waals surface area (Å²) in [4.78, 5) is 38.5. The second kappa shape index (κ2) is 7.40. The number of nitrogens with zero attached hydrogens (tertiary/aromatic N) is 1. The molecule has 0 saturated carbocycles. The molecule has 1 rings (SSSR count). The van der Waals surface area contributed by atoms with Crippen molar-refractivity contribution in [2.24, 2.45) is 5.41 Å². The van der Waals surface area contributed by atoms with E-state index in [9.17, 15) is 14.4 Å². The van der Waals surface area contributed by atoms with E-state index in [0.29, 0.717) is 13.0 Å². The van der Waals surface area contributed by atoms with Crippen LogP contribution in [0.2, 0.25) is 0 Å². The van der Waals surface area contributed by atoms with Gasteiger partial charge in [-0.2, -0.15) is 0 Å². The van der Waals surface area contributed by atoms with Gasteiger partial charge in [0.25, 0.3) is 0 Å². The van der Waals surface area contributed by atoms with Crippen LogP contribution in [0.1, 0.15) is 54.4 Å². The number of nitrogens with one attached hydrogen (secondary N) is 1. The minimum atomic E-state index is -0.794. The monoisotopic (exact) mass is 342 g/mol. The summed E-state index contributed by atoms with van der Waals surface area (Å²) in [5.41, 5.74) is -1.19. The van der Waals surface area contributed by atoms with Crippen molar-refractivity contribution in [2.75, 3.05) is 13.7 Å². The van der Waals surface area contributed by atoms with Gasteiger partial charge in [0.1, 0.15) is 17.7 Å². The van der Waals surface area contributed by atoms with Crippen molar-refractivity contribution in [1.82, 2.24) is 10.2 Å². The third-order valence-electron chi connectivity index (χ3n) is 3.78. The van der Waals surface area contributed by atoms with Crippen molar-refractivity contribution in [3.63, 3.8) is 0 Å². The van der Waals surface area contributed by atoms with Gasteiger partial charge in [-0.05, 0) is 39.0 Å². The zero-order valence-electron chi connectivity index (χ0n) is 15.8. The van der Waals surface area contributed by atoms with Crippen LogP contribution in [0, 0.1) is 5.41 Å². The van der Waals surface area contributed by atoms with E-state index in [1.54, 1.807) is 20.8 Å². The van der Waals surface area contributed by atoms with Gasteiger partial charge in [0.2, 0.25) is 5.91 Å². The number of esters is 1. The van der Waals surface area contributed by atoms with Crippen molar-refractivity contribution in [3.05, 3.63) is 0 Å². The third kappa shape index (κ3) is 5.39. The molecule has 0 aromatic heterocycles. The average Bonchev–Trinajstić information content (AvgIpc) is 2.89. The van der Waals surface area contributed by atoms with E-state index in [2.05, 4.69) is 5.32 Å². The van der Waals surface area contributed by atoms with Crippen molar-refractivity contribution >= 4 is 18.0 Å². The molecular weight excluding hydrogens is 312 g/mol. The lowest BCUT2D eigenvalue weighted by Gasteiger charge is -2.35. The SMILES string of the molecule is COC(=O)[C@@H]1CCCN1C(=O)[C@@H](NC(=O)OC(C)(C)C)C(C)(C)C. The first-order valence-corrected chi connectivity index (χ1v) is 8.24. The Morgan fingerprint density at radius 3 is 2.17 bits per heavy atom. The number of alkyl carbamates (subject to hydrolysis) is 1. The number of amides is 2. The van der Waals surface area contributed by atoms with Gasteiger partial charge in [0.15, 0.2) is 0 Å². The molecule has 0 unspecified atom stereocenters. The molecule has 138 valence electrons. The molecule has 0 bridgehead atoms. The van der Waals surface area contributed by atoms with E-state index in [1.165, 1.54) is 12.0 Å². The van der Waals surface area contributed by atoms with Gasteiger partial charge in [-0.3, -0.25) is 4.79 Å². The molecule has 1 aliphatic rings. The lowest BCUT2D eigenvalue weighted by molar-refractivity contribution is -0.152. The van der Waals surface area contributed by atoms with E-state index in [4.69, 9.17) is 9.47 Å². The molecule has 1 fully saturated rings. The van der Waals surface area contributed by atoms with Crippen LogP contribution in [0.5, 0.6) is 0 Å². The molecule has 0 aromatic rings. The number of rotatable bonds is 3. The van der Waals surface area contributed by atoms with Crippen molar-refractivity contribution < 1.29 is 23.9 Å². The van der Waals surface area contributed by atoms with Crippen LogP contribution in [-0.4, -0.2) is 54.2 Å². The third-order valence-corrected chi connectivity index (χ3v) is 3.78. The van der Waals surface area contributed by atoms with Gasteiger partial charge in [0.05, 0.1) is 7.11 Å². The topological polar surface area (TPSA) is 84.9 Å². The molecule has 7 nitrogen and oxygen atoms in total. The first-order valence-electron chi connectivity index (χ1n) is 8.24. The lowest BCUT2D eigenvalue weighted by Crippen LogP contribution is -2.57. The van der Waals surface area contributed by atoms with E-state index in [0.717, 1.165) is 6.42 Å². The molecule has 1 heterocycles. The Hall–Kier alpha value is -1.79. The van der Waals surface area contributed by atoms with Gasteiger partial charge >= 0.3 is 12.1 Å². The Morgan fingerprint density at radius 2 is 1.71 bits per heavy atom. The number of likely N-dealkylation sites (tertiary alicyclic amines) is 1. The molecule has 1 saturated heterocycles. The van der Waals surface area contributed by atoms with Gasteiger partial charge in [-0.25, -0.2) is 9.59 Å². The molecule has 0 aliphatic carbocycles. The fourth-order valence-corrected chi connectivity index (χ4v) is 2.65. The van der Waals surface area contributed by atoms with Crippen LogP contribution >= 0.6 is 0 Å². The summed E-state index contributed by atoms with van der Waals surface area (Å²) in [6, 6.07) is -1.38. The summed E-state index contributed by atoms with van der Waals surface area (Å²) < 4.78 is 10.0. The second-order valence-electron chi connectivity index (χ2n) is 8.16. The van der Waals surface area contributed by atoms with Crippen molar-refractivity contribution in [3.8, 4) is 0 Å². The number of methoxy groups -OCH3 is 1. The lowest BCUT2D eigenvalue weighted by atomic mass is 9.85. The van der Waals surface area contributed by atoms with Gasteiger partial charge in [-0.15, -0.1) is 0 Å². The normalized spacial score (nSPS) is 19.6. The van der Waals surface area contributed by atoms with Gasteiger partial charge in [-0.1, -0.05) is 20.8 Å². The van der Waals surface area contributed by atoms with Crippen molar-refractivity contribution in [1.29, 1.82) is 0 Å². The summed E-state index contributed by atoms with van der Waals surface area (Å²) in [6.45, 7) is 11.3. The fourth-order valence-electron chi connectivity index (χ4n) is 2.65. The maximum atomic E-state index is 13.0. The fraction of sp³-hybridized carbons (Fsp3) is 0.824. The maximum Gasteiger partial charge on any atom is 0.408 e. The zero-order chi connectivity index (χ0) is 18.7. The van der Waals surface area contributed by atoms with Crippen molar-refractivity contribution in [2.45, 2.75) is 72.1 Å². The molecule has 24 heavy (non-hydrogen) atoms. The van der Waals surface area contributed by atoms with Crippen LogP contribution in [0.3, 0.4) is 0 Å². The van der Waals surface area contributed by atoms with E-state index in [1.807, 2.05) is 20.8 Å². The van der Waals surface area contributed by atoms with E-state index in [-0.39, 0.29) is 5.91 Å². The quantitative estimate of drug-likeness (QED) is 0.794. The smallest absolute Gasteiger partial charge is 0.408 e. The average molecular weight is 342 g/mol. The first kappa shape index (κ1) is 20.3. The predicted molar refractivity (Wildman–Crippen MR) is 89.4 cm³/mol. The van der Waals surface area contributed by atoms with E-state index >= 15 is 0 Å². The maximum absolute atomic E-state index is 13.0. The Bertz CT molecular complexity index is 490. The second-order valence-corrected chi connectivity index (χ2v) is 8.16. The van der Waals surface area contributed by atoms with Crippen LogP contribution in [-0.2, 0) is 19.1 Å². The first-order chi connectivity index (χ1) is 10.9. The minimum absolute atomic E-state index is 0.291. The molecule has 2 amide bonds. The molecule has 0 aromatic carbocycles. The standard InChI is InChI=1S/C17H30N2O5/c1-16(2,3)12(18-15(22)24-17(4,5)6)13(20)19-10-8-9-11(19)14(21)23-7/h11-12H,8-10H2,1-7H3,(H,18,22)/t11-,12+/m0/s1. The Balaban J connectivity index is 2.94. The number of carbonyl (C=O) groups excluding carboxylic acids is 3. The zero-order valence-corrected chi connectivity index (χ0v) is 15.8. The molecule has 2 atom stereocenters. The summed E-state index contributed by atoms with van der Waals surface area (Å²) >= 11 is 0. The summed E-state index contributed by atoms with van der Waals surface area (Å²) in [6.07, 6.45) is 0.654. The van der Waals surface area contributed by atoms with Crippen LogP contribution in [0.15, 0.2) is 0 Å². The predicted octanol–water partition coefficient (Wildman–Crippen LogP) is 2.09. The highest BCUT2D eigenvalue weighted by Crippen LogP contribution is 2.26. The molecule has 7 heteroatoms. The molecule has 0 radical (unpaired) electrons. The number of carbonyl (C=O) groups is 3. The molecule has 0 spiro atoms. The minimum Gasteiger partial charge on any atom is -0.467 e. The van der Waals surface area contributed by atoms with Gasteiger partial charge < -0.3 is 19.7 Å². The largest absolute Gasteiger partial charge is 0.467 e. The Kier molecular flexibility index (Phi) is 6.25. The summed E-state index contributed by atoms with van der Waals surface area (Å²) in [5, 5.41) is 2.66. The number of ether oxygens (including phenoxy) is 2. The molecular formula is C17H30N2O5. The summed E-state index contributed by atoms with van der Waals surface area (Å²) in [5.74, 6) is -0.716. The molecule has 1 aliphatic heterocycles. The molecule has 1 N–H and O–H groups in total. The Morgan fingerprint density at radius 1 is 1.12 bits per heavy atom.